The number of hydrogen-bond acceptors (Lipinski definition) is 2. The predicted molar refractivity (Wildman–Crippen MR) is 77.8 cm³/mol. The van der Waals surface area contributed by atoms with E-state index >= 15 is 0 Å². The van der Waals surface area contributed by atoms with Crippen LogP contribution in [-0.2, 0) is 21.1 Å². The van der Waals surface area contributed by atoms with Crippen molar-refractivity contribution in [1.82, 2.24) is 15.0 Å². The molecule has 0 amide bonds. The molecule has 2 aromatic carbocycles. The molecule has 3 nitrogen and oxygen atoms in total. The summed E-state index contributed by atoms with van der Waals surface area (Å²) in [6.45, 7) is 0. The molecule has 2 aromatic heterocycles. The van der Waals surface area contributed by atoms with Gasteiger partial charge in [0.2, 0.25) is 0 Å². The van der Waals surface area contributed by atoms with Crippen molar-refractivity contribution in [2.24, 2.45) is 0 Å². The van der Waals surface area contributed by atoms with Gasteiger partial charge in [0.05, 0.1) is 11.8 Å². The minimum absolute atomic E-state index is 0. The van der Waals surface area contributed by atoms with Crippen molar-refractivity contribution in [3.05, 3.63) is 73.4 Å². The zero-order valence-electron chi connectivity index (χ0n) is 10.6. The molecule has 0 saturated heterocycles. The average molecular weight is 442 g/mol. The number of imidazole rings is 1. The van der Waals surface area contributed by atoms with Gasteiger partial charge < -0.3 is 4.98 Å². The van der Waals surface area contributed by atoms with Gasteiger partial charge in [-0.1, -0.05) is 42.5 Å². The standard InChI is InChI=1S/C13H9N.C3H4N2.Pt/c1-2-6-11-10(5-1)9-14-13-8-4-3-7-12(11)13;1-2-5-3-4-1;/h1-9H;1-3H,(H,4,5);. The minimum Gasteiger partial charge on any atom is -0.351 e. The maximum Gasteiger partial charge on any atom is 0.0919 e. The van der Waals surface area contributed by atoms with Crippen LogP contribution < -0.4 is 0 Å². The number of rotatable bonds is 0. The Kier molecular flexibility index (Phi) is 5.02. The zero-order chi connectivity index (χ0) is 12.9. The first-order chi connectivity index (χ1) is 9.45. The molecule has 0 unspecified atom stereocenters. The number of H-pyrrole nitrogens is 1. The van der Waals surface area contributed by atoms with E-state index in [2.05, 4.69) is 45.3 Å². The second-order valence-corrected chi connectivity index (χ2v) is 4.12. The van der Waals surface area contributed by atoms with Crippen LogP contribution in [0.15, 0.2) is 73.4 Å². The number of aromatic amines is 1. The van der Waals surface area contributed by atoms with Crippen LogP contribution in [0.3, 0.4) is 0 Å². The largest absolute Gasteiger partial charge is 0.351 e. The Morgan fingerprint density at radius 1 is 0.850 bits per heavy atom. The molecule has 0 atom stereocenters. The van der Waals surface area contributed by atoms with Crippen LogP contribution in [0.1, 0.15) is 0 Å². The third-order valence-corrected chi connectivity index (χ3v) is 2.90. The van der Waals surface area contributed by atoms with Crippen molar-refractivity contribution in [2.75, 3.05) is 0 Å². The Morgan fingerprint density at radius 3 is 2.30 bits per heavy atom. The second-order valence-electron chi connectivity index (χ2n) is 4.12. The maximum absolute atomic E-state index is 4.41. The van der Waals surface area contributed by atoms with E-state index in [9.17, 15) is 0 Å². The predicted octanol–water partition coefficient (Wildman–Crippen LogP) is 3.80. The number of pyridine rings is 1. The molecular weight excluding hydrogens is 429 g/mol. The second kappa shape index (κ2) is 6.97. The molecule has 2 heterocycles. The van der Waals surface area contributed by atoms with Gasteiger partial charge in [0.1, 0.15) is 0 Å². The van der Waals surface area contributed by atoms with Gasteiger partial charge in [-0.2, -0.15) is 0 Å². The van der Waals surface area contributed by atoms with Gasteiger partial charge in [0.15, 0.2) is 0 Å². The first-order valence-corrected chi connectivity index (χ1v) is 6.10. The molecule has 4 heteroatoms. The number of benzene rings is 2. The van der Waals surface area contributed by atoms with Crippen molar-refractivity contribution in [3.8, 4) is 0 Å². The van der Waals surface area contributed by atoms with Gasteiger partial charge in [-0.15, -0.1) is 0 Å². The molecule has 0 bridgehead atoms. The summed E-state index contributed by atoms with van der Waals surface area (Å²) in [5, 5.41) is 3.70. The first kappa shape index (κ1) is 14.4. The minimum atomic E-state index is 0. The Morgan fingerprint density at radius 2 is 1.60 bits per heavy atom. The molecule has 102 valence electrons. The first-order valence-electron chi connectivity index (χ1n) is 6.10. The Labute approximate surface area is 131 Å². The number of aromatic nitrogens is 3. The van der Waals surface area contributed by atoms with Crippen molar-refractivity contribution < 1.29 is 21.1 Å². The van der Waals surface area contributed by atoms with Gasteiger partial charge >= 0.3 is 0 Å². The van der Waals surface area contributed by atoms with E-state index in [4.69, 9.17) is 0 Å². The molecule has 0 saturated carbocycles. The van der Waals surface area contributed by atoms with Gasteiger partial charge in [0, 0.05) is 50.4 Å². The number of fused-ring (bicyclic) bond motifs is 3. The molecule has 4 rings (SSSR count). The average Bonchev–Trinajstić information content (AvgIpc) is 3.07. The number of nitrogens with one attached hydrogen (secondary N) is 1. The molecule has 0 spiro atoms. The fourth-order valence-corrected chi connectivity index (χ4v) is 2.02. The van der Waals surface area contributed by atoms with Crippen LogP contribution in [-0.4, -0.2) is 15.0 Å². The summed E-state index contributed by atoms with van der Waals surface area (Å²) in [6.07, 6.45) is 7.01. The Hall–Kier alpha value is -1.99. The topological polar surface area (TPSA) is 41.6 Å². The maximum atomic E-state index is 4.41. The molecule has 0 fully saturated rings. The number of para-hydroxylation sites is 1. The summed E-state index contributed by atoms with van der Waals surface area (Å²) in [7, 11) is 0. The van der Waals surface area contributed by atoms with E-state index < -0.39 is 0 Å². The summed E-state index contributed by atoms with van der Waals surface area (Å²) in [4.78, 5) is 10.8. The van der Waals surface area contributed by atoms with Crippen LogP contribution in [0, 0.1) is 0 Å². The summed E-state index contributed by atoms with van der Waals surface area (Å²) in [5.74, 6) is 0. The van der Waals surface area contributed by atoms with Crippen molar-refractivity contribution in [1.29, 1.82) is 0 Å². The molecule has 0 aliphatic carbocycles. The van der Waals surface area contributed by atoms with Crippen LogP contribution in [0.4, 0.5) is 0 Å². The Balaban J connectivity index is 0.000000210. The third-order valence-electron chi connectivity index (χ3n) is 2.90. The van der Waals surface area contributed by atoms with Crippen molar-refractivity contribution in [3.63, 3.8) is 0 Å². The molecule has 0 aliphatic rings. The van der Waals surface area contributed by atoms with Crippen LogP contribution >= 0.6 is 0 Å². The zero-order valence-corrected chi connectivity index (χ0v) is 12.9. The van der Waals surface area contributed by atoms with E-state index in [1.807, 2.05) is 24.4 Å². The molecule has 20 heavy (non-hydrogen) atoms. The van der Waals surface area contributed by atoms with Gasteiger partial charge in [-0.3, -0.25) is 4.98 Å². The van der Waals surface area contributed by atoms with Crippen LogP contribution in [0.25, 0.3) is 21.7 Å². The molecule has 1 N–H and O–H groups in total. The quantitative estimate of drug-likeness (QED) is 0.421. The number of hydrogen-bond donors (Lipinski definition) is 1. The van der Waals surface area contributed by atoms with E-state index in [0.717, 1.165) is 5.52 Å². The monoisotopic (exact) mass is 442 g/mol. The van der Waals surface area contributed by atoms with Crippen LogP contribution in [0.5, 0.6) is 0 Å². The van der Waals surface area contributed by atoms with E-state index in [0.29, 0.717) is 0 Å². The molecule has 0 aliphatic heterocycles. The normalized spacial score (nSPS) is 9.60. The SMILES string of the molecule is [Pt].c1c[nH]cn1.c1ccc2c(c1)cnc1ccccc12. The smallest absolute Gasteiger partial charge is 0.0919 e. The van der Waals surface area contributed by atoms with Crippen molar-refractivity contribution in [2.45, 2.75) is 0 Å². The van der Waals surface area contributed by atoms with E-state index in [1.54, 1.807) is 18.7 Å². The summed E-state index contributed by atoms with van der Waals surface area (Å²) in [6, 6.07) is 16.6. The van der Waals surface area contributed by atoms with Gasteiger partial charge in [-0.05, 0) is 11.5 Å². The Bertz CT molecular complexity index is 710. The van der Waals surface area contributed by atoms with Crippen molar-refractivity contribution >= 4 is 21.7 Å². The van der Waals surface area contributed by atoms with Gasteiger partial charge in [0.25, 0.3) is 0 Å². The van der Waals surface area contributed by atoms with E-state index in [1.165, 1.54) is 16.2 Å². The molecule has 4 aromatic rings. The summed E-state index contributed by atoms with van der Waals surface area (Å²) in [5.41, 5.74) is 1.06. The summed E-state index contributed by atoms with van der Waals surface area (Å²) < 4.78 is 0. The molecule has 0 radical (unpaired) electrons. The third kappa shape index (κ3) is 3.12. The fraction of sp³-hybridized carbons (Fsp3) is 0. The van der Waals surface area contributed by atoms with Crippen LogP contribution in [0.2, 0.25) is 0 Å². The molecular formula is C16H13N3Pt. The van der Waals surface area contributed by atoms with E-state index in [-0.39, 0.29) is 21.1 Å². The number of nitrogens with zero attached hydrogens (tertiary/aromatic N) is 2. The summed E-state index contributed by atoms with van der Waals surface area (Å²) >= 11 is 0. The van der Waals surface area contributed by atoms with Gasteiger partial charge in [-0.25, -0.2) is 4.98 Å². The fourth-order valence-electron chi connectivity index (χ4n) is 2.02.